The van der Waals surface area contributed by atoms with Gasteiger partial charge in [0.05, 0.1) is 31.5 Å². The van der Waals surface area contributed by atoms with Crippen LogP contribution in [0.5, 0.6) is 17.2 Å². The number of carbonyl (C=O) groups excluding carboxylic acids is 2. The number of methoxy groups -OCH3 is 2. The maximum absolute atomic E-state index is 13.6. The summed E-state index contributed by atoms with van der Waals surface area (Å²) in [6.07, 6.45) is 6.06. The monoisotopic (exact) mass is 602 g/mol. The maximum Gasteiger partial charge on any atom is 0.328 e. The minimum absolute atomic E-state index is 0.0524. The van der Waals surface area contributed by atoms with E-state index in [0.29, 0.717) is 30.2 Å². The van der Waals surface area contributed by atoms with Gasteiger partial charge in [0, 0.05) is 34.5 Å². The molecule has 4 aromatic rings. The number of nitrogens with zero attached hydrogens (tertiary/aromatic N) is 1. The highest BCUT2D eigenvalue weighted by Crippen LogP contribution is 2.47. The van der Waals surface area contributed by atoms with E-state index >= 15 is 0 Å². The quantitative estimate of drug-likeness (QED) is 0.230. The molecule has 9 heteroatoms. The number of amides is 1. The van der Waals surface area contributed by atoms with E-state index in [1.807, 2.05) is 30.3 Å². The zero-order chi connectivity index (χ0) is 30.1. The van der Waals surface area contributed by atoms with Crippen LogP contribution in [0.2, 0.25) is 5.02 Å². The van der Waals surface area contributed by atoms with Crippen LogP contribution < -0.4 is 14.8 Å². The minimum atomic E-state index is -0.939. The number of carbonyl (C=O) groups is 2. The van der Waals surface area contributed by atoms with Gasteiger partial charge in [0.1, 0.15) is 29.9 Å². The summed E-state index contributed by atoms with van der Waals surface area (Å²) in [5.41, 5.74) is 5.58. The Labute approximate surface area is 255 Å². The summed E-state index contributed by atoms with van der Waals surface area (Å²) in [7, 11) is 2.94. The van der Waals surface area contributed by atoms with E-state index in [4.69, 9.17) is 25.8 Å². The molecule has 224 valence electrons. The van der Waals surface area contributed by atoms with Gasteiger partial charge in [-0.05, 0) is 66.3 Å². The highest BCUT2D eigenvalue weighted by atomic mass is 35.5. The molecule has 43 heavy (non-hydrogen) atoms. The molecule has 1 aliphatic carbocycles. The average Bonchev–Trinajstić information content (AvgIpc) is 3.23. The second-order valence-electron chi connectivity index (χ2n) is 11.2. The Morgan fingerprint density at radius 3 is 2.63 bits per heavy atom. The van der Waals surface area contributed by atoms with E-state index in [1.165, 1.54) is 38.0 Å². The first kappa shape index (κ1) is 28.9. The van der Waals surface area contributed by atoms with Crippen LogP contribution >= 0.6 is 11.6 Å². The number of phenols is 1. The van der Waals surface area contributed by atoms with Crippen LogP contribution in [0.3, 0.4) is 0 Å². The summed E-state index contributed by atoms with van der Waals surface area (Å²) >= 11 is 6.07. The largest absolute Gasteiger partial charge is 0.506 e. The molecule has 8 nitrogen and oxygen atoms in total. The molecular weight excluding hydrogens is 568 g/mol. The fourth-order valence-electron chi connectivity index (χ4n) is 6.53. The highest BCUT2D eigenvalue weighted by Gasteiger charge is 2.30. The number of fused-ring (bicyclic) bond motifs is 5. The zero-order valence-electron chi connectivity index (χ0n) is 24.3. The number of benzene rings is 3. The van der Waals surface area contributed by atoms with Gasteiger partial charge in [0.15, 0.2) is 0 Å². The highest BCUT2D eigenvalue weighted by molar-refractivity contribution is 6.32. The van der Waals surface area contributed by atoms with Crippen molar-refractivity contribution in [2.24, 2.45) is 0 Å². The Morgan fingerprint density at radius 2 is 1.88 bits per heavy atom. The van der Waals surface area contributed by atoms with E-state index in [1.54, 1.807) is 19.2 Å². The summed E-state index contributed by atoms with van der Waals surface area (Å²) in [5, 5.41) is 13.9. The Balaban J connectivity index is 1.40. The Morgan fingerprint density at radius 1 is 1.07 bits per heavy atom. The first-order valence-electron chi connectivity index (χ1n) is 14.7. The number of hydrogen-bond acceptors (Lipinski definition) is 6. The SMILES string of the molecule is COC(=O)[C@H](Cc1ccc(O)c(Cl)c1)NC(=O)c1ccc2c(C3CCCCC3)c3n(c2c1)CCOc1cc(OC)ccc1-3. The molecule has 6 rings (SSSR count). The predicted molar refractivity (Wildman–Crippen MR) is 165 cm³/mol. The van der Waals surface area contributed by atoms with Crippen LogP contribution in [0.4, 0.5) is 0 Å². The molecule has 2 N–H and O–H groups in total. The van der Waals surface area contributed by atoms with Crippen molar-refractivity contribution in [1.29, 1.82) is 0 Å². The Kier molecular flexibility index (Phi) is 8.21. The first-order chi connectivity index (χ1) is 20.9. The number of rotatable bonds is 7. The molecule has 0 saturated heterocycles. The average molecular weight is 603 g/mol. The number of phenolic OH excluding ortho intramolecular Hbond substituents is 1. The van der Waals surface area contributed by atoms with E-state index in [2.05, 4.69) is 16.0 Å². The summed E-state index contributed by atoms with van der Waals surface area (Å²) in [4.78, 5) is 26.3. The molecule has 1 atom stereocenters. The van der Waals surface area contributed by atoms with Crippen LogP contribution in [0.25, 0.3) is 22.2 Å². The number of hydrogen-bond donors (Lipinski definition) is 2. The molecule has 1 aromatic heterocycles. The lowest BCUT2D eigenvalue weighted by atomic mass is 9.81. The van der Waals surface area contributed by atoms with Gasteiger partial charge >= 0.3 is 5.97 Å². The van der Waals surface area contributed by atoms with Gasteiger partial charge in [-0.15, -0.1) is 0 Å². The van der Waals surface area contributed by atoms with Crippen LogP contribution in [0.15, 0.2) is 54.6 Å². The molecule has 0 unspecified atom stereocenters. The maximum atomic E-state index is 13.6. The fourth-order valence-corrected chi connectivity index (χ4v) is 6.73. The van der Waals surface area contributed by atoms with Crippen molar-refractivity contribution < 1.29 is 28.9 Å². The topological polar surface area (TPSA) is 99.0 Å². The van der Waals surface area contributed by atoms with Crippen molar-refractivity contribution in [3.63, 3.8) is 0 Å². The number of esters is 1. The fraction of sp³-hybridized carbons (Fsp3) is 0.353. The standard InChI is InChI=1S/C34H35ClN2O6/c1-41-23-10-12-25-30(19-23)43-15-14-37-28-18-22(9-11-24(28)31(32(25)37)21-6-4-3-5-7-21)33(39)36-27(34(40)42-2)17-20-8-13-29(38)26(35)16-20/h8-13,16,18-19,21,27,38H,3-7,14-15,17H2,1-2H3,(H,36,39)/t27-/m0/s1. The van der Waals surface area contributed by atoms with E-state index in [0.717, 1.165) is 46.5 Å². The van der Waals surface area contributed by atoms with Crippen LogP contribution in [-0.4, -0.2) is 48.4 Å². The van der Waals surface area contributed by atoms with Crippen molar-refractivity contribution in [3.05, 3.63) is 76.3 Å². The van der Waals surface area contributed by atoms with Crippen molar-refractivity contribution in [1.82, 2.24) is 9.88 Å². The summed E-state index contributed by atoms with van der Waals surface area (Å²) < 4.78 is 19.0. The van der Waals surface area contributed by atoms with Gasteiger partial charge < -0.3 is 29.2 Å². The van der Waals surface area contributed by atoms with Crippen molar-refractivity contribution in [2.75, 3.05) is 20.8 Å². The van der Waals surface area contributed by atoms with Crippen molar-refractivity contribution >= 4 is 34.4 Å². The summed E-state index contributed by atoms with van der Waals surface area (Å²) in [6, 6.07) is 15.5. The summed E-state index contributed by atoms with van der Waals surface area (Å²) in [5.74, 6) is 0.956. The van der Waals surface area contributed by atoms with Gasteiger partial charge in [-0.3, -0.25) is 4.79 Å². The molecule has 1 fully saturated rings. The van der Waals surface area contributed by atoms with Gasteiger partial charge in [-0.25, -0.2) is 4.79 Å². The lowest BCUT2D eigenvalue weighted by Gasteiger charge is -2.23. The minimum Gasteiger partial charge on any atom is -0.506 e. The molecule has 1 amide bonds. The van der Waals surface area contributed by atoms with Crippen molar-refractivity contribution in [3.8, 4) is 28.5 Å². The molecule has 0 bridgehead atoms. The smallest absolute Gasteiger partial charge is 0.328 e. The van der Waals surface area contributed by atoms with Gasteiger partial charge in [0.25, 0.3) is 5.91 Å². The normalized spacial score (nSPS) is 15.5. The molecular formula is C34H35ClN2O6. The van der Waals surface area contributed by atoms with Crippen LogP contribution in [0, 0.1) is 0 Å². The molecule has 0 spiro atoms. The van der Waals surface area contributed by atoms with Crippen molar-refractivity contribution in [2.45, 2.75) is 57.0 Å². The first-order valence-corrected chi connectivity index (χ1v) is 15.1. The Hall–Kier alpha value is -4.17. The van der Waals surface area contributed by atoms with E-state index in [-0.39, 0.29) is 23.1 Å². The number of halogens is 1. The third kappa shape index (κ3) is 5.64. The van der Waals surface area contributed by atoms with E-state index < -0.39 is 12.0 Å². The molecule has 1 aliphatic heterocycles. The van der Waals surface area contributed by atoms with Crippen LogP contribution in [0.1, 0.15) is 59.5 Å². The summed E-state index contributed by atoms with van der Waals surface area (Å²) in [6.45, 7) is 1.12. The second-order valence-corrected chi connectivity index (χ2v) is 11.6. The predicted octanol–water partition coefficient (Wildman–Crippen LogP) is 6.63. The number of nitrogens with one attached hydrogen (secondary N) is 1. The zero-order valence-corrected chi connectivity index (χ0v) is 25.1. The third-order valence-electron chi connectivity index (χ3n) is 8.64. The second kappa shape index (κ2) is 12.2. The molecule has 3 aromatic carbocycles. The molecule has 2 heterocycles. The molecule has 0 radical (unpaired) electrons. The van der Waals surface area contributed by atoms with E-state index in [9.17, 15) is 14.7 Å². The number of aromatic hydroxyl groups is 1. The Bertz CT molecular complexity index is 1690. The van der Waals surface area contributed by atoms with Gasteiger partial charge in [0.2, 0.25) is 0 Å². The van der Waals surface area contributed by atoms with Gasteiger partial charge in [-0.2, -0.15) is 0 Å². The van der Waals surface area contributed by atoms with Crippen LogP contribution in [-0.2, 0) is 22.5 Å². The molecule has 2 aliphatic rings. The number of ether oxygens (including phenoxy) is 3. The lowest BCUT2D eigenvalue weighted by molar-refractivity contribution is -0.142. The third-order valence-corrected chi connectivity index (χ3v) is 8.94. The lowest BCUT2D eigenvalue weighted by Crippen LogP contribution is -2.43. The number of aromatic nitrogens is 1. The van der Waals surface area contributed by atoms with Gasteiger partial charge in [-0.1, -0.05) is 43.0 Å². The molecule has 1 saturated carbocycles.